The average molecular weight is 476 g/mol. The molecule has 2 N–H and O–H groups in total. The molecule has 0 atom stereocenters. The fourth-order valence-corrected chi connectivity index (χ4v) is 5.20. The number of aromatic amines is 1. The smallest absolute Gasteiger partial charge is 0.219 e. The molecule has 0 radical (unpaired) electrons. The summed E-state index contributed by atoms with van der Waals surface area (Å²) in [7, 11) is 3.36. The zero-order valence-corrected chi connectivity index (χ0v) is 20.8. The second kappa shape index (κ2) is 9.56. The molecule has 1 aliphatic rings. The van der Waals surface area contributed by atoms with Crippen LogP contribution in [0.25, 0.3) is 27.8 Å². The van der Waals surface area contributed by atoms with Crippen LogP contribution < -0.4 is 15.0 Å². The molecule has 1 fully saturated rings. The van der Waals surface area contributed by atoms with E-state index in [0.29, 0.717) is 29.7 Å². The van der Waals surface area contributed by atoms with Crippen molar-refractivity contribution >= 4 is 28.3 Å². The van der Waals surface area contributed by atoms with Crippen molar-refractivity contribution in [2.75, 3.05) is 32.1 Å². The van der Waals surface area contributed by atoms with E-state index in [2.05, 4.69) is 45.2 Å². The summed E-state index contributed by atoms with van der Waals surface area (Å²) in [6.45, 7) is 6.36. The number of rotatable bonds is 7. The molecule has 9 nitrogen and oxygen atoms in total. The lowest BCUT2D eigenvalue weighted by atomic mass is 9.92. The first-order valence-corrected chi connectivity index (χ1v) is 12.3. The van der Waals surface area contributed by atoms with Gasteiger partial charge in [0.25, 0.3) is 0 Å². The van der Waals surface area contributed by atoms with Gasteiger partial charge in [0, 0.05) is 43.7 Å². The van der Waals surface area contributed by atoms with E-state index >= 15 is 0 Å². The normalized spacial score (nSPS) is 14.8. The van der Waals surface area contributed by atoms with Crippen molar-refractivity contribution in [2.24, 2.45) is 5.92 Å². The molecule has 1 aliphatic heterocycles. The maximum atomic E-state index is 11.6. The standard InChI is InChI=1S/C26H33N7O2/c1-16(2)24-19-12-22(32-9-7-17(8-10-32)5-6-23(34)27-3)28-13-20(19)31-25(24)18-11-21(35-4)26-29-15-30-33(26)14-18/h11-17,31H,5-10H2,1-4H3,(H,27,34). The summed E-state index contributed by atoms with van der Waals surface area (Å²) in [5, 5.41) is 8.24. The number of methoxy groups -OCH3 is 1. The van der Waals surface area contributed by atoms with Crippen LogP contribution in [0.3, 0.4) is 0 Å². The summed E-state index contributed by atoms with van der Waals surface area (Å²) in [6, 6.07) is 4.24. The Balaban J connectivity index is 1.44. The minimum absolute atomic E-state index is 0.129. The molecule has 4 aromatic heterocycles. The molecule has 0 spiro atoms. The maximum absolute atomic E-state index is 11.6. The highest BCUT2D eigenvalue weighted by atomic mass is 16.5. The highest BCUT2D eigenvalue weighted by Crippen LogP contribution is 2.38. The fourth-order valence-electron chi connectivity index (χ4n) is 5.20. The SMILES string of the molecule is CNC(=O)CCC1CCN(c2cc3c(C(C)C)c(-c4cc(OC)c5ncnn5c4)[nH]c3cn2)CC1. The summed E-state index contributed by atoms with van der Waals surface area (Å²) in [6.07, 6.45) is 9.21. The Hall–Kier alpha value is -3.62. The molecule has 5 rings (SSSR count). The number of nitrogens with zero attached hydrogens (tertiary/aromatic N) is 5. The van der Waals surface area contributed by atoms with E-state index in [1.165, 1.54) is 17.3 Å². The lowest BCUT2D eigenvalue weighted by molar-refractivity contribution is -0.120. The maximum Gasteiger partial charge on any atom is 0.219 e. The Labute approximate surface area is 204 Å². The van der Waals surface area contributed by atoms with Crippen LogP contribution in [-0.2, 0) is 4.79 Å². The second-order valence-corrected chi connectivity index (χ2v) is 9.62. The third-order valence-corrected chi connectivity index (χ3v) is 7.13. The van der Waals surface area contributed by atoms with Crippen LogP contribution in [0.4, 0.5) is 5.82 Å². The van der Waals surface area contributed by atoms with Gasteiger partial charge in [0.15, 0.2) is 11.4 Å². The van der Waals surface area contributed by atoms with Crippen LogP contribution in [-0.4, -0.2) is 57.7 Å². The number of aromatic nitrogens is 5. The summed E-state index contributed by atoms with van der Waals surface area (Å²) in [5.41, 5.74) is 5.02. The van der Waals surface area contributed by atoms with E-state index in [9.17, 15) is 4.79 Å². The molecule has 0 unspecified atom stereocenters. The number of hydrogen-bond donors (Lipinski definition) is 2. The van der Waals surface area contributed by atoms with Gasteiger partial charge in [0.1, 0.15) is 12.1 Å². The van der Waals surface area contributed by atoms with Gasteiger partial charge in [-0.25, -0.2) is 14.5 Å². The molecule has 5 heterocycles. The second-order valence-electron chi connectivity index (χ2n) is 9.62. The van der Waals surface area contributed by atoms with Gasteiger partial charge in [-0.15, -0.1) is 0 Å². The summed E-state index contributed by atoms with van der Waals surface area (Å²) < 4.78 is 7.34. The lowest BCUT2D eigenvalue weighted by Crippen LogP contribution is -2.34. The Bertz CT molecular complexity index is 1350. The third-order valence-electron chi connectivity index (χ3n) is 7.13. The number of carbonyl (C=O) groups is 1. The summed E-state index contributed by atoms with van der Waals surface area (Å²) in [4.78, 5) is 26.7. The molecule has 0 bridgehead atoms. The predicted molar refractivity (Wildman–Crippen MR) is 137 cm³/mol. The van der Waals surface area contributed by atoms with Crippen molar-refractivity contribution in [3.63, 3.8) is 0 Å². The molecule has 9 heteroatoms. The van der Waals surface area contributed by atoms with Gasteiger partial charge in [0.2, 0.25) is 5.91 Å². The van der Waals surface area contributed by atoms with E-state index in [1.807, 2.05) is 18.5 Å². The van der Waals surface area contributed by atoms with Crippen LogP contribution in [0, 0.1) is 5.92 Å². The monoisotopic (exact) mass is 475 g/mol. The summed E-state index contributed by atoms with van der Waals surface area (Å²) >= 11 is 0. The van der Waals surface area contributed by atoms with E-state index in [0.717, 1.165) is 54.9 Å². The summed E-state index contributed by atoms with van der Waals surface area (Å²) in [5.74, 6) is 2.73. The number of amides is 1. The van der Waals surface area contributed by atoms with Crippen molar-refractivity contribution in [2.45, 2.75) is 45.4 Å². The van der Waals surface area contributed by atoms with Crippen molar-refractivity contribution in [3.8, 4) is 17.0 Å². The number of anilines is 1. The van der Waals surface area contributed by atoms with E-state index in [-0.39, 0.29) is 5.91 Å². The van der Waals surface area contributed by atoms with E-state index in [1.54, 1.807) is 18.7 Å². The van der Waals surface area contributed by atoms with Crippen LogP contribution in [0.2, 0.25) is 0 Å². The zero-order valence-electron chi connectivity index (χ0n) is 20.8. The Morgan fingerprint density at radius 2 is 2.06 bits per heavy atom. The Kier molecular flexibility index (Phi) is 6.32. The highest BCUT2D eigenvalue weighted by molar-refractivity contribution is 5.92. The molecule has 0 aliphatic carbocycles. The number of carbonyl (C=O) groups excluding carboxylic acids is 1. The van der Waals surface area contributed by atoms with E-state index in [4.69, 9.17) is 9.72 Å². The van der Waals surface area contributed by atoms with Gasteiger partial charge in [-0.2, -0.15) is 5.10 Å². The predicted octanol–water partition coefficient (Wildman–Crippen LogP) is 4.15. The van der Waals surface area contributed by atoms with Crippen molar-refractivity contribution in [1.29, 1.82) is 0 Å². The van der Waals surface area contributed by atoms with Crippen LogP contribution in [0.1, 0.15) is 51.0 Å². The number of hydrogen-bond acceptors (Lipinski definition) is 6. The molecule has 184 valence electrons. The van der Waals surface area contributed by atoms with Crippen molar-refractivity contribution < 1.29 is 9.53 Å². The number of fused-ring (bicyclic) bond motifs is 2. The topological polar surface area (TPSA) is 100 Å². The number of H-pyrrole nitrogens is 1. The van der Waals surface area contributed by atoms with Gasteiger partial charge in [0.05, 0.1) is 24.5 Å². The van der Waals surface area contributed by atoms with Crippen LogP contribution in [0.5, 0.6) is 5.75 Å². The third kappa shape index (κ3) is 4.42. The minimum atomic E-state index is 0.129. The fraction of sp³-hybridized carbons (Fsp3) is 0.462. The zero-order chi connectivity index (χ0) is 24.5. The first-order chi connectivity index (χ1) is 17.0. The number of piperidine rings is 1. The van der Waals surface area contributed by atoms with Gasteiger partial charge in [-0.05, 0) is 48.8 Å². The molecule has 0 saturated carbocycles. The lowest BCUT2D eigenvalue weighted by Gasteiger charge is -2.32. The van der Waals surface area contributed by atoms with Gasteiger partial charge in [-0.3, -0.25) is 4.79 Å². The van der Waals surface area contributed by atoms with Crippen LogP contribution >= 0.6 is 0 Å². The largest absolute Gasteiger partial charge is 0.493 e. The van der Waals surface area contributed by atoms with Crippen LogP contribution in [0.15, 0.2) is 30.9 Å². The Morgan fingerprint density at radius 1 is 1.26 bits per heavy atom. The first-order valence-electron chi connectivity index (χ1n) is 12.3. The van der Waals surface area contributed by atoms with Crippen molar-refractivity contribution in [1.82, 2.24) is 29.9 Å². The molecule has 1 saturated heterocycles. The number of pyridine rings is 2. The highest BCUT2D eigenvalue weighted by Gasteiger charge is 2.23. The minimum Gasteiger partial charge on any atom is -0.493 e. The first kappa shape index (κ1) is 23.1. The molecule has 0 aromatic carbocycles. The molecule has 1 amide bonds. The molecule has 35 heavy (non-hydrogen) atoms. The Morgan fingerprint density at radius 3 is 2.77 bits per heavy atom. The molecular formula is C26H33N7O2. The molecule has 4 aromatic rings. The average Bonchev–Trinajstić information content (AvgIpc) is 3.51. The van der Waals surface area contributed by atoms with Gasteiger partial charge < -0.3 is 19.9 Å². The van der Waals surface area contributed by atoms with Gasteiger partial charge in [-0.1, -0.05) is 13.8 Å². The number of nitrogens with one attached hydrogen (secondary N) is 2. The van der Waals surface area contributed by atoms with Gasteiger partial charge >= 0.3 is 0 Å². The van der Waals surface area contributed by atoms with E-state index < -0.39 is 0 Å². The van der Waals surface area contributed by atoms with Crippen molar-refractivity contribution in [3.05, 3.63) is 36.4 Å². The number of ether oxygens (including phenoxy) is 1. The molecular weight excluding hydrogens is 442 g/mol. The quantitative estimate of drug-likeness (QED) is 0.417.